The highest BCUT2D eigenvalue weighted by molar-refractivity contribution is 5.00. The maximum absolute atomic E-state index is 5.18. The zero-order chi connectivity index (χ0) is 9.23. The molecule has 0 heterocycles. The zero-order valence-corrected chi connectivity index (χ0v) is 8.19. The van der Waals surface area contributed by atoms with E-state index in [1.807, 2.05) is 0 Å². The summed E-state index contributed by atoms with van der Waals surface area (Å²) in [7, 11) is 0. The van der Waals surface area contributed by atoms with Crippen molar-refractivity contribution in [3.63, 3.8) is 0 Å². The van der Waals surface area contributed by atoms with Crippen molar-refractivity contribution in [3.8, 4) is 24.2 Å². The lowest BCUT2D eigenvalue weighted by Gasteiger charge is -1.99. The first-order valence-electron chi connectivity index (χ1n) is 4.70. The molecule has 0 amide bonds. The molecule has 66 valence electrons. The lowest BCUT2D eigenvalue weighted by molar-refractivity contribution is 0.623. The van der Waals surface area contributed by atoms with Crippen LogP contribution in [0.1, 0.15) is 46.0 Å². The standard InChI is InChI=1S/C12H18/c1-4-6-7-8-9-11-12(3)10-5-2/h2,12H,4,6-7,10-11H2,1,3H3. The summed E-state index contributed by atoms with van der Waals surface area (Å²) in [6, 6.07) is 0. The molecular formula is C12H18. The van der Waals surface area contributed by atoms with Crippen LogP contribution in [0.4, 0.5) is 0 Å². The van der Waals surface area contributed by atoms with Crippen molar-refractivity contribution >= 4 is 0 Å². The lowest BCUT2D eigenvalue weighted by atomic mass is 10.1. The third kappa shape index (κ3) is 7.23. The van der Waals surface area contributed by atoms with E-state index >= 15 is 0 Å². The fourth-order valence-electron chi connectivity index (χ4n) is 0.873. The Morgan fingerprint density at radius 1 is 1.25 bits per heavy atom. The molecule has 0 aliphatic rings. The van der Waals surface area contributed by atoms with E-state index in [1.165, 1.54) is 12.8 Å². The van der Waals surface area contributed by atoms with Crippen LogP contribution in [0.5, 0.6) is 0 Å². The fourth-order valence-corrected chi connectivity index (χ4v) is 0.873. The molecule has 1 unspecified atom stereocenters. The number of terminal acetylenes is 1. The average Bonchev–Trinajstić information content (AvgIpc) is 2.05. The second-order valence-corrected chi connectivity index (χ2v) is 3.17. The van der Waals surface area contributed by atoms with Gasteiger partial charge in [0.25, 0.3) is 0 Å². The van der Waals surface area contributed by atoms with Crippen LogP contribution in [0.2, 0.25) is 0 Å². The van der Waals surface area contributed by atoms with Gasteiger partial charge in [-0.15, -0.1) is 24.2 Å². The van der Waals surface area contributed by atoms with Crippen molar-refractivity contribution in [2.24, 2.45) is 5.92 Å². The number of hydrogen-bond acceptors (Lipinski definition) is 0. The van der Waals surface area contributed by atoms with Crippen LogP contribution >= 0.6 is 0 Å². The molecule has 12 heavy (non-hydrogen) atoms. The molecule has 0 fully saturated rings. The highest BCUT2D eigenvalue weighted by atomic mass is 14.0. The Balaban J connectivity index is 3.37. The predicted molar refractivity (Wildman–Crippen MR) is 54.5 cm³/mol. The molecule has 0 radical (unpaired) electrons. The first-order chi connectivity index (χ1) is 5.81. The number of rotatable bonds is 4. The Morgan fingerprint density at radius 3 is 2.58 bits per heavy atom. The van der Waals surface area contributed by atoms with Gasteiger partial charge in [0.1, 0.15) is 0 Å². The Kier molecular flexibility index (Phi) is 7.62. The Hall–Kier alpha value is -0.880. The van der Waals surface area contributed by atoms with Gasteiger partial charge in [-0.25, -0.2) is 0 Å². The molecule has 0 nitrogen and oxygen atoms in total. The second kappa shape index (κ2) is 8.22. The van der Waals surface area contributed by atoms with Gasteiger partial charge in [-0.05, 0) is 12.3 Å². The van der Waals surface area contributed by atoms with E-state index in [0.717, 1.165) is 19.3 Å². The lowest BCUT2D eigenvalue weighted by Crippen LogP contribution is -1.89. The topological polar surface area (TPSA) is 0 Å². The summed E-state index contributed by atoms with van der Waals surface area (Å²) >= 11 is 0. The van der Waals surface area contributed by atoms with Gasteiger partial charge in [0.2, 0.25) is 0 Å². The van der Waals surface area contributed by atoms with E-state index in [4.69, 9.17) is 6.42 Å². The first kappa shape index (κ1) is 11.1. The largest absolute Gasteiger partial charge is 0.120 e. The molecule has 0 aromatic rings. The third-order valence-electron chi connectivity index (χ3n) is 1.70. The molecule has 1 atom stereocenters. The summed E-state index contributed by atoms with van der Waals surface area (Å²) in [5.41, 5.74) is 0. The Bertz CT molecular complexity index is 184. The maximum atomic E-state index is 5.18. The highest BCUT2D eigenvalue weighted by Gasteiger charge is 1.94. The van der Waals surface area contributed by atoms with Crippen LogP contribution in [-0.4, -0.2) is 0 Å². The molecule has 0 saturated carbocycles. The molecule has 0 heteroatoms. The van der Waals surface area contributed by atoms with Crippen molar-refractivity contribution < 1.29 is 0 Å². The van der Waals surface area contributed by atoms with Crippen LogP contribution in [0, 0.1) is 30.1 Å². The van der Waals surface area contributed by atoms with E-state index in [0.29, 0.717) is 5.92 Å². The third-order valence-corrected chi connectivity index (χ3v) is 1.70. The number of hydrogen-bond donors (Lipinski definition) is 0. The fraction of sp³-hybridized carbons (Fsp3) is 0.667. The van der Waals surface area contributed by atoms with Crippen LogP contribution in [0.25, 0.3) is 0 Å². The van der Waals surface area contributed by atoms with E-state index in [1.54, 1.807) is 0 Å². The molecular weight excluding hydrogens is 144 g/mol. The van der Waals surface area contributed by atoms with Gasteiger partial charge in [0.05, 0.1) is 0 Å². The Labute approximate surface area is 76.8 Å². The zero-order valence-electron chi connectivity index (χ0n) is 8.19. The van der Waals surface area contributed by atoms with Crippen molar-refractivity contribution in [1.29, 1.82) is 0 Å². The molecule has 0 aliphatic heterocycles. The quantitative estimate of drug-likeness (QED) is 0.440. The molecule has 0 N–H and O–H groups in total. The van der Waals surface area contributed by atoms with Crippen molar-refractivity contribution in [2.45, 2.75) is 46.0 Å². The minimum atomic E-state index is 0.559. The second-order valence-electron chi connectivity index (χ2n) is 3.17. The van der Waals surface area contributed by atoms with Gasteiger partial charge in [0, 0.05) is 19.3 Å². The average molecular weight is 162 g/mol. The number of unbranched alkanes of at least 4 members (excludes halogenated alkanes) is 2. The van der Waals surface area contributed by atoms with Crippen LogP contribution in [0.3, 0.4) is 0 Å². The first-order valence-corrected chi connectivity index (χ1v) is 4.70. The molecule has 0 bridgehead atoms. The summed E-state index contributed by atoms with van der Waals surface area (Å²) < 4.78 is 0. The van der Waals surface area contributed by atoms with Crippen molar-refractivity contribution in [1.82, 2.24) is 0 Å². The summed E-state index contributed by atoms with van der Waals surface area (Å²) in [4.78, 5) is 0. The van der Waals surface area contributed by atoms with E-state index < -0.39 is 0 Å². The normalized spacial score (nSPS) is 11.1. The molecule has 0 rings (SSSR count). The smallest absolute Gasteiger partial charge is 0.0123 e. The molecule has 0 spiro atoms. The van der Waals surface area contributed by atoms with Crippen LogP contribution in [0.15, 0.2) is 0 Å². The molecule has 0 saturated heterocycles. The van der Waals surface area contributed by atoms with Crippen LogP contribution < -0.4 is 0 Å². The van der Waals surface area contributed by atoms with Gasteiger partial charge in [-0.3, -0.25) is 0 Å². The van der Waals surface area contributed by atoms with Gasteiger partial charge in [0.15, 0.2) is 0 Å². The van der Waals surface area contributed by atoms with Crippen molar-refractivity contribution in [2.75, 3.05) is 0 Å². The van der Waals surface area contributed by atoms with Crippen LogP contribution in [-0.2, 0) is 0 Å². The van der Waals surface area contributed by atoms with Gasteiger partial charge in [-0.1, -0.05) is 20.3 Å². The van der Waals surface area contributed by atoms with E-state index in [-0.39, 0.29) is 0 Å². The SMILES string of the molecule is C#CCC(C)CC#CCCCC. The summed E-state index contributed by atoms with van der Waals surface area (Å²) in [5, 5.41) is 0. The molecule has 0 aromatic carbocycles. The summed E-state index contributed by atoms with van der Waals surface area (Å²) in [6.07, 6.45) is 10.5. The predicted octanol–water partition coefficient (Wildman–Crippen LogP) is 3.23. The monoisotopic (exact) mass is 162 g/mol. The Morgan fingerprint density at radius 2 is 2.00 bits per heavy atom. The summed E-state index contributed by atoms with van der Waals surface area (Å²) in [6.45, 7) is 4.33. The molecule has 0 aliphatic carbocycles. The van der Waals surface area contributed by atoms with Crippen molar-refractivity contribution in [3.05, 3.63) is 0 Å². The van der Waals surface area contributed by atoms with Gasteiger partial charge >= 0.3 is 0 Å². The van der Waals surface area contributed by atoms with E-state index in [9.17, 15) is 0 Å². The maximum Gasteiger partial charge on any atom is 0.0123 e. The highest BCUT2D eigenvalue weighted by Crippen LogP contribution is 2.04. The minimum absolute atomic E-state index is 0.559. The van der Waals surface area contributed by atoms with E-state index in [2.05, 4.69) is 31.6 Å². The van der Waals surface area contributed by atoms with Gasteiger partial charge in [-0.2, -0.15) is 0 Å². The van der Waals surface area contributed by atoms with Gasteiger partial charge < -0.3 is 0 Å². The minimum Gasteiger partial charge on any atom is -0.120 e. The molecule has 0 aromatic heterocycles. The summed E-state index contributed by atoms with van der Waals surface area (Å²) in [5.74, 6) is 9.53.